The summed E-state index contributed by atoms with van der Waals surface area (Å²) in [6.07, 6.45) is 3.45. The van der Waals surface area contributed by atoms with E-state index in [2.05, 4.69) is 20.3 Å². The molecule has 2 aromatic carbocycles. The smallest absolute Gasteiger partial charge is 0.162 e. The monoisotopic (exact) mass is 346 g/mol. The lowest BCUT2D eigenvalue weighted by Gasteiger charge is -2.12. The van der Waals surface area contributed by atoms with Gasteiger partial charge in [-0.3, -0.25) is 14.8 Å². The Balaban J connectivity index is 1.73. The summed E-state index contributed by atoms with van der Waals surface area (Å²) in [5.41, 5.74) is 4.09. The summed E-state index contributed by atoms with van der Waals surface area (Å²) in [7, 11) is 1.61. The molecule has 1 atom stereocenters. The van der Waals surface area contributed by atoms with E-state index in [-0.39, 0.29) is 18.2 Å². The minimum Gasteiger partial charge on any atom is -0.494 e. The molecular formula is C20H18N4O2. The number of nitrogens with zero attached hydrogens (tertiary/aromatic N) is 3. The van der Waals surface area contributed by atoms with Gasteiger partial charge >= 0.3 is 0 Å². The largest absolute Gasteiger partial charge is 0.494 e. The van der Waals surface area contributed by atoms with Crippen LogP contribution in [-0.4, -0.2) is 41.8 Å². The molecule has 1 unspecified atom stereocenters. The highest BCUT2D eigenvalue weighted by Crippen LogP contribution is 2.32. The summed E-state index contributed by atoms with van der Waals surface area (Å²) < 4.78 is 5.46. The molecule has 2 heterocycles. The van der Waals surface area contributed by atoms with Crippen molar-refractivity contribution in [2.75, 3.05) is 13.7 Å². The predicted octanol–water partition coefficient (Wildman–Crippen LogP) is 2.42. The third-order valence-electron chi connectivity index (χ3n) is 4.42. The molecule has 0 fully saturated rings. The Morgan fingerprint density at radius 3 is 2.77 bits per heavy atom. The lowest BCUT2D eigenvalue weighted by molar-refractivity contribution is -0.119. The number of nitrogens with one attached hydrogen (secondary N) is 1. The Kier molecular flexibility index (Phi) is 4.31. The summed E-state index contributed by atoms with van der Waals surface area (Å²) >= 11 is 0. The van der Waals surface area contributed by atoms with Crippen molar-refractivity contribution in [2.45, 2.75) is 12.5 Å². The maximum atomic E-state index is 12.4. The number of rotatable bonds is 5. The molecule has 0 bridgehead atoms. The number of fused-ring (bicyclic) bond motifs is 1. The molecule has 0 aliphatic carbocycles. The van der Waals surface area contributed by atoms with Gasteiger partial charge in [0.15, 0.2) is 5.78 Å². The topological polar surface area (TPSA) is 76.5 Å². The third kappa shape index (κ3) is 3.01. The lowest BCUT2D eigenvalue weighted by Crippen LogP contribution is -2.35. The molecular weight excluding hydrogens is 328 g/mol. The Bertz CT molecular complexity index is 978. The van der Waals surface area contributed by atoms with Crippen LogP contribution in [0.5, 0.6) is 5.75 Å². The molecule has 3 aromatic rings. The van der Waals surface area contributed by atoms with Crippen LogP contribution in [0, 0.1) is 0 Å². The van der Waals surface area contributed by atoms with E-state index in [1.54, 1.807) is 19.6 Å². The van der Waals surface area contributed by atoms with Gasteiger partial charge in [0.25, 0.3) is 0 Å². The van der Waals surface area contributed by atoms with Crippen LogP contribution >= 0.6 is 0 Å². The Morgan fingerprint density at radius 2 is 2.04 bits per heavy atom. The summed E-state index contributed by atoms with van der Waals surface area (Å²) in [6.45, 7) is 0.474. The van der Waals surface area contributed by atoms with Gasteiger partial charge in [-0.25, -0.2) is 4.98 Å². The highest BCUT2D eigenvalue weighted by molar-refractivity contribution is 5.95. The number of ether oxygens (including phenoxy) is 1. The molecule has 1 aliphatic rings. The van der Waals surface area contributed by atoms with E-state index >= 15 is 0 Å². The molecule has 4 rings (SSSR count). The van der Waals surface area contributed by atoms with E-state index in [0.717, 1.165) is 16.6 Å². The van der Waals surface area contributed by atoms with Gasteiger partial charge in [-0.1, -0.05) is 30.3 Å². The standard InChI is InChI=1S/C20H18N4O2/c1-26-18-8-7-15(13-5-3-2-4-6-13)19-20(18)24-14(10-22-19)9-17(25)16-11-21-12-23-16/h2-8,10,12,16H,9,11H2,1H3,(H,21,23). The Hall–Kier alpha value is -3.28. The first-order chi connectivity index (χ1) is 12.8. The van der Waals surface area contributed by atoms with Crippen molar-refractivity contribution in [3.63, 3.8) is 0 Å². The molecule has 0 amide bonds. The number of hydrogen-bond acceptors (Lipinski definition) is 6. The average Bonchev–Trinajstić information content (AvgIpc) is 3.23. The van der Waals surface area contributed by atoms with Crippen molar-refractivity contribution in [2.24, 2.45) is 4.99 Å². The average molecular weight is 346 g/mol. The van der Waals surface area contributed by atoms with Crippen molar-refractivity contribution in [1.29, 1.82) is 0 Å². The van der Waals surface area contributed by atoms with Crippen molar-refractivity contribution in [1.82, 2.24) is 15.3 Å². The highest BCUT2D eigenvalue weighted by Gasteiger charge is 2.21. The van der Waals surface area contributed by atoms with Crippen molar-refractivity contribution >= 4 is 23.2 Å². The van der Waals surface area contributed by atoms with Crippen LogP contribution in [0.15, 0.2) is 53.7 Å². The first-order valence-corrected chi connectivity index (χ1v) is 8.41. The molecule has 1 N–H and O–H groups in total. The van der Waals surface area contributed by atoms with Crippen LogP contribution in [-0.2, 0) is 11.2 Å². The number of aliphatic imine (C=N–C) groups is 1. The second-order valence-electron chi connectivity index (χ2n) is 6.10. The molecule has 130 valence electrons. The predicted molar refractivity (Wildman–Crippen MR) is 101 cm³/mol. The fraction of sp³-hybridized carbons (Fsp3) is 0.200. The number of carbonyl (C=O) groups excluding carboxylic acids is 1. The maximum Gasteiger partial charge on any atom is 0.162 e. The minimum absolute atomic E-state index is 0.0503. The van der Waals surface area contributed by atoms with Crippen LogP contribution in [0.25, 0.3) is 22.2 Å². The van der Waals surface area contributed by atoms with E-state index in [1.807, 2.05) is 42.5 Å². The van der Waals surface area contributed by atoms with Crippen LogP contribution < -0.4 is 10.1 Å². The SMILES string of the molecule is COc1ccc(-c2ccccc2)c2ncc(CC(=O)C3CN=CN3)nc12. The number of carbonyl (C=O) groups is 1. The summed E-state index contributed by atoms with van der Waals surface area (Å²) in [5.74, 6) is 0.693. The fourth-order valence-corrected chi connectivity index (χ4v) is 3.06. The maximum absolute atomic E-state index is 12.4. The molecule has 0 radical (unpaired) electrons. The third-order valence-corrected chi connectivity index (χ3v) is 4.42. The molecule has 6 nitrogen and oxygen atoms in total. The summed E-state index contributed by atoms with van der Waals surface area (Å²) in [6, 6.07) is 13.6. The lowest BCUT2D eigenvalue weighted by atomic mass is 10.0. The van der Waals surface area contributed by atoms with Gasteiger partial charge in [0.05, 0.1) is 32.1 Å². The van der Waals surface area contributed by atoms with Gasteiger partial charge in [-0.05, 0) is 17.7 Å². The second kappa shape index (κ2) is 6.92. The quantitative estimate of drug-likeness (QED) is 0.768. The van der Waals surface area contributed by atoms with Crippen molar-refractivity contribution in [3.8, 4) is 16.9 Å². The molecule has 1 aromatic heterocycles. The van der Waals surface area contributed by atoms with Gasteiger partial charge in [0, 0.05) is 11.8 Å². The van der Waals surface area contributed by atoms with E-state index in [9.17, 15) is 4.79 Å². The fourth-order valence-electron chi connectivity index (χ4n) is 3.06. The van der Waals surface area contributed by atoms with E-state index in [0.29, 0.717) is 23.5 Å². The van der Waals surface area contributed by atoms with Crippen molar-refractivity contribution < 1.29 is 9.53 Å². The van der Waals surface area contributed by atoms with E-state index in [1.165, 1.54) is 0 Å². The highest BCUT2D eigenvalue weighted by atomic mass is 16.5. The van der Waals surface area contributed by atoms with Crippen LogP contribution in [0.2, 0.25) is 0 Å². The Labute approximate surface area is 151 Å². The van der Waals surface area contributed by atoms with Crippen LogP contribution in [0.3, 0.4) is 0 Å². The number of ketones is 1. The molecule has 1 aliphatic heterocycles. The van der Waals surface area contributed by atoms with E-state index in [4.69, 9.17) is 4.74 Å². The summed E-state index contributed by atoms with van der Waals surface area (Å²) in [4.78, 5) is 25.7. The van der Waals surface area contributed by atoms with E-state index < -0.39 is 0 Å². The molecule has 6 heteroatoms. The molecule has 0 spiro atoms. The number of hydrogen-bond donors (Lipinski definition) is 1. The first kappa shape index (κ1) is 16.2. The van der Waals surface area contributed by atoms with Gasteiger partial charge < -0.3 is 10.1 Å². The second-order valence-corrected chi connectivity index (χ2v) is 6.10. The number of aromatic nitrogens is 2. The van der Waals surface area contributed by atoms with Gasteiger partial charge in [-0.2, -0.15) is 0 Å². The molecule has 0 saturated carbocycles. The van der Waals surface area contributed by atoms with Gasteiger partial charge in [0.2, 0.25) is 0 Å². The van der Waals surface area contributed by atoms with Crippen molar-refractivity contribution in [3.05, 3.63) is 54.4 Å². The molecule has 26 heavy (non-hydrogen) atoms. The van der Waals surface area contributed by atoms with Crippen LogP contribution in [0.1, 0.15) is 5.69 Å². The first-order valence-electron chi connectivity index (χ1n) is 8.41. The zero-order valence-corrected chi connectivity index (χ0v) is 14.3. The number of methoxy groups -OCH3 is 1. The minimum atomic E-state index is -0.273. The number of benzene rings is 2. The summed E-state index contributed by atoms with van der Waals surface area (Å²) in [5, 5.41) is 2.95. The zero-order valence-electron chi connectivity index (χ0n) is 14.3. The van der Waals surface area contributed by atoms with Gasteiger partial charge in [-0.15, -0.1) is 0 Å². The number of Topliss-reactive ketones (excluding diaryl/α,β-unsaturated/α-hetero) is 1. The normalized spacial score (nSPS) is 15.8. The van der Waals surface area contributed by atoms with Crippen LogP contribution in [0.4, 0.5) is 0 Å². The molecule has 0 saturated heterocycles. The Morgan fingerprint density at radius 1 is 1.19 bits per heavy atom. The zero-order chi connectivity index (χ0) is 17.9. The van der Waals surface area contributed by atoms with Gasteiger partial charge in [0.1, 0.15) is 22.8 Å².